The van der Waals surface area contributed by atoms with Crippen molar-refractivity contribution in [1.29, 1.82) is 0 Å². The third kappa shape index (κ3) is 5.24. The Bertz CT molecular complexity index is 715. The maximum atomic E-state index is 11.5. The molecule has 1 fully saturated rings. The van der Waals surface area contributed by atoms with Crippen molar-refractivity contribution in [3.63, 3.8) is 0 Å². The topological polar surface area (TPSA) is 45.5 Å². The fourth-order valence-electron chi connectivity index (χ4n) is 2.92. The second-order valence-corrected chi connectivity index (χ2v) is 6.65. The number of aryl methyl sites for hydroxylation is 1. The van der Waals surface area contributed by atoms with Gasteiger partial charge in [-0.25, -0.2) is 0 Å². The summed E-state index contributed by atoms with van der Waals surface area (Å²) in [4.78, 5) is 13.5. The van der Waals surface area contributed by atoms with Gasteiger partial charge in [0.2, 0.25) is 5.91 Å². The summed E-state index contributed by atoms with van der Waals surface area (Å²) in [6.45, 7) is 5.31. The quantitative estimate of drug-likeness (QED) is 0.720. The molecule has 3 rings (SSSR count). The van der Waals surface area contributed by atoms with Crippen molar-refractivity contribution in [2.24, 2.45) is 0 Å². The van der Waals surface area contributed by atoms with Crippen LogP contribution in [0.15, 0.2) is 34.7 Å². The maximum Gasteiger partial charge on any atom is 0.222 e. The molecule has 0 unspecified atom stereocenters. The Balaban J connectivity index is 0.00000225. The SMILES string of the molecule is Cc1ccc(-c2ccc(CNCCCN3CCCC3=O)o2)cc1Cl.Cl. The highest BCUT2D eigenvalue weighted by Gasteiger charge is 2.18. The van der Waals surface area contributed by atoms with Crippen LogP contribution >= 0.6 is 24.0 Å². The highest BCUT2D eigenvalue weighted by Crippen LogP contribution is 2.26. The summed E-state index contributed by atoms with van der Waals surface area (Å²) in [6, 6.07) is 9.91. The number of hydrogen-bond donors (Lipinski definition) is 1. The van der Waals surface area contributed by atoms with E-state index in [1.165, 1.54) is 0 Å². The van der Waals surface area contributed by atoms with Gasteiger partial charge in [-0.3, -0.25) is 4.79 Å². The number of halogens is 2. The highest BCUT2D eigenvalue weighted by atomic mass is 35.5. The molecule has 1 amide bonds. The number of carbonyl (C=O) groups is 1. The molecule has 0 saturated carbocycles. The molecule has 0 aliphatic carbocycles. The van der Waals surface area contributed by atoms with Crippen LogP contribution in [0.4, 0.5) is 0 Å². The second kappa shape index (κ2) is 9.27. The number of amides is 1. The lowest BCUT2D eigenvalue weighted by molar-refractivity contribution is -0.127. The van der Waals surface area contributed by atoms with Crippen molar-refractivity contribution < 1.29 is 9.21 Å². The number of hydrogen-bond acceptors (Lipinski definition) is 3. The summed E-state index contributed by atoms with van der Waals surface area (Å²) in [5, 5.41) is 4.12. The van der Waals surface area contributed by atoms with Crippen LogP contribution in [0.2, 0.25) is 5.02 Å². The van der Waals surface area contributed by atoms with Crippen LogP contribution in [0, 0.1) is 6.92 Å². The zero-order valence-corrected chi connectivity index (χ0v) is 16.0. The number of rotatable bonds is 7. The van der Waals surface area contributed by atoms with Crippen LogP contribution in [0.5, 0.6) is 0 Å². The number of benzene rings is 1. The van der Waals surface area contributed by atoms with Crippen molar-refractivity contribution in [3.8, 4) is 11.3 Å². The molecule has 1 N–H and O–H groups in total. The van der Waals surface area contributed by atoms with Crippen LogP contribution in [0.25, 0.3) is 11.3 Å². The van der Waals surface area contributed by atoms with Crippen LogP contribution < -0.4 is 5.32 Å². The molecule has 6 heteroatoms. The lowest BCUT2D eigenvalue weighted by Gasteiger charge is -2.15. The molecule has 136 valence electrons. The first-order valence-corrected chi connectivity index (χ1v) is 8.85. The monoisotopic (exact) mass is 382 g/mol. The average Bonchev–Trinajstić information content (AvgIpc) is 3.19. The number of nitrogens with zero attached hydrogens (tertiary/aromatic N) is 1. The minimum Gasteiger partial charge on any atom is -0.460 e. The number of likely N-dealkylation sites (tertiary alicyclic amines) is 1. The van der Waals surface area contributed by atoms with E-state index >= 15 is 0 Å². The van der Waals surface area contributed by atoms with Crippen molar-refractivity contribution >= 4 is 29.9 Å². The van der Waals surface area contributed by atoms with Gasteiger partial charge in [-0.05, 0) is 50.1 Å². The highest BCUT2D eigenvalue weighted by molar-refractivity contribution is 6.31. The van der Waals surface area contributed by atoms with E-state index in [1.807, 2.05) is 42.2 Å². The van der Waals surface area contributed by atoms with E-state index < -0.39 is 0 Å². The fourth-order valence-corrected chi connectivity index (χ4v) is 3.10. The Labute approximate surface area is 159 Å². The second-order valence-electron chi connectivity index (χ2n) is 6.24. The molecule has 4 nitrogen and oxygen atoms in total. The molecule has 1 aromatic heterocycles. The largest absolute Gasteiger partial charge is 0.460 e. The Morgan fingerprint density at radius 3 is 2.84 bits per heavy atom. The molecule has 0 bridgehead atoms. The fraction of sp³-hybridized carbons (Fsp3) is 0.421. The Hall–Kier alpha value is -1.49. The third-order valence-electron chi connectivity index (χ3n) is 4.37. The molecule has 25 heavy (non-hydrogen) atoms. The molecular formula is C19H24Cl2N2O2. The molecule has 1 aliphatic rings. The van der Waals surface area contributed by atoms with E-state index in [2.05, 4.69) is 5.32 Å². The lowest BCUT2D eigenvalue weighted by Crippen LogP contribution is -2.28. The lowest BCUT2D eigenvalue weighted by atomic mass is 10.1. The summed E-state index contributed by atoms with van der Waals surface area (Å²) in [7, 11) is 0. The van der Waals surface area contributed by atoms with Gasteiger partial charge in [-0.15, -0.1) is 12.4 Å². The summed E-state index contributed by atoms with van der Waals surface area (Å²) in [6.07, 6.45) is 2.68. The minimum atomic E-state index is 0. The number of furan rings is 1. The first-order valence-electron chi connectivity index (χ1n) is 8.47. The average molecular weight is 383 g/mol. The number of nitrogens with one attached hydrogen (secondary N) is 1. The molecule has 2 aromatic rings. The summed E-state index contributed by atoms with van der Waals surface area (Å²) < 4.78 is 5.88. The Morgan fingerprint density at radius 1 is 1.28 bits per heavy atom. The smallest absolute Gasteiger partial charge is 0.222 e. The molecule has 0 radical (unpaired) electrons. The van der Waals surface area contributed by atoms with Gasteiger partial charge >= 0.3 is 0 Å². The van der Waals surface area contributed by atoms with Crippen molar-refractivity contribution in [2.75, 3.05) is 19.6 Å². The first kappa shape index (κ1) is 19.8. The predicted octanol–water partition coefficient (Wildman–Crippen LogP) is 4.43. The Kier molecular flexibility index (Phi) is 7.36. The maximum absolute atomic E-state index is 11.5. The summed E-state index contributed by atoms with van der Waals surface area (Å²) in [5.74, 6) is 2.03. The minimum absolute atomic E-state index is 0. The van der Waals surface area contributed by atoms with E-state index in [4.69, 9.17) is 16.0 Å². The van der Waals surface area contributed by atoms with Gasteiger partial charge in [0.1, 0.15) is 11.5 Å². The predicted molar refractivity (Wildman–Crippen MR) is 103 cm³/mol. The van der Waals surface area contributed by atoms with Gasteiger partial charge in [-0.2, -0.15) is 0 Å². The standard InChI is InChI=1S/C19H23ClN2O2.ClH/c1-14-5-6-15(12-17(14)20)18-8-7-16(24-18)13-21-9-3-11-22-10-2-4-19(22)23;/h5-8,12,21H,2-4,9-11,13H2,1H3;1H. The van der Waals surface area contributed by atoms with Crippen LogP contribution in [-0.2, 0) is 11.3 Å². The molecule has 1 aliphatic heterocycles. The van der Waals surface area contributed by atoms with Crippen LogP contribution in [0.3, 0.4) is 0 Å². The third-order valence-corrected chi connectivity index (χ3v) is 4.78. The van der Waals surface area contributed by atoms with E-state index in [0.29, 0.717) is 18.9 Å². The van der Waals surface area contributed by atoms with E-state index in [0.717, 1.165) is 60.1 Å². The summed E-state index contributed by atoms with van der Waals surface area (Å²) >= 11 is 6.17. The van der Waals surface area contributed by atoms with Crippen molar-refractivity contribution in [1.82, 2.24) is 10.2 Å². The van der Waals surface area contributed by atoms with Gasteiger partial charge in [0, 0.05) is 30.1 Å². The summed E-state index contributed by atoms with van der Waals surface area (Å²) in [5.41, 5.74) is 2.05. The van der Waals surface area contributed by atoms with Gasteiger partial charge in [-0.1, -0.05) is 23.7 Å². The zero-order chi connectivity index (χ0) is 16.9. The van der Waals surface area contributed by atoms with Crippen LogP contribution in [-0.4, -0.2) is 30.4 Å². The Morgan fingerprint density at radius 2 is 2.12 bits per heavy atom. The molecule has 0 atom stereocenters. The van der Waals surface area contributed by atoms with Gasteiger partial charge in [0.05, 0.1) is 6.54 Å². The van der Waals surface area contributed by atoms with E-state index in [9.17, 15) is 4.79 Å². The zero-order valence-electron chi connectivity index (χ0n) is 14.4. The van der Waals surface area contributed by atoms with Crippen molar-refractivity contribution in [2.45, 2.75) is 32.7 Å². The molecule has 1 aromatic carbocycles. The van der Waals surface area contributed by atoms with Crippen molar-refractivity contribution in [3.05, 3.63) is 46.7 Å². The van der Waals surface area contributed by atoms with E-state index in [-0.39, 0.29) is 12.4 Å². The molecular weight excluding hydrogens is 359 g/mol. The van der Waals surface area contributed by atoms with E-state index in [1.54, 1.807) is 0 Å². The molecule has 0 spiro atoms. The van der Waals surface area contributed by atoms with Gasteiger partial charge in [0.25, 0.3) is 0 Å². The molecule has 1 saturated heterocycles. The number of carbonyl (C=O) groups excluding carboxylic acids is 1. The normalized spacial score (nSPS) is 14.0. The first-order chi connectivity index (χ1) is 11.6. The van der Waals surface area contributed by atoms with Crippen LogP contribution in [0.1, 0.15) is 30.6 Å². The van der Waals surface area contributed by atoms with Gasteiger partial charge < -0.3 is 14.6 Å². The van der Waals surface area contributed by atoms with Gasteiger partial charge in [0.15, 0.2) is 0 Å². The molecule has 2 heterocycles.